The number of rotatable bonds is 50. The third kappa shape index (κ3) is 41.1. The summed E-state index contributed by atoms with van der Waals surface area (Å²) in [5.74, 6) is -1.24. The minimum absolute atomic E-state index is 0.102. The molecule has 0 bridgehead atoms. The first-order chi connectivity index (χ1) is 37.7. The molecule has 11 nitrogen and oxygen atoms in total. The van der Waals surface area contributed by atoms with Crippen LogP contribution in [0.4, 0.5) is 0 Å². The topological polar surface area (TPSA) is 175 Å². The van der Waals surface area contributed by atoms with Gasteiger partial charge in [-0.05, 0) is 89.9 Å². The molecule has 77 heavy (non-hydrogen) atoms. The zero-order valence-corrected chi connectivity index (χ0v) is 48.5. The van der Waals surface area contributed by atoms with E-state index in [0.717, 1.165) is 122 Å². The summed E-state index contributed by atoms with van der Waals surface area (Å²) in [7, 11) is 0. The zero-order chi connectivity index (χ0) is 56.1. The number of unbranched alkanes of at least 4 members (excludes halogenated alkanes) is 23. The highest BCUT2D eigenvalue weighted by Gasteiger charge is 2.47. The molecule has 1 amide bonds. The van der Waals surface area contributed by atoms with Crippen LogP contribution in [0.2, 0.25) is 0 Å². The van der Waals surface area contributed by atoms with Crippen molar-refractivity contribution >= 4 is 11.9 Å². The summed E-state index contributed by atoms with van der Waals surface area (Å²) in [5.41, 5.74) is 0. The van der Waals surface area contributed by atoms with Crippen LogP contribution in [0.5, 0.6) is 0 Å². The van der Waals surface area contributed by atoms with E-state index in [4.69, 9.17) is 14.2 Å². The van der Waals surface area contributed by atoms with Crippen LogP contribution in [0.3, 0.4) is 0 Å². The molecule has 6 N–H and O–H groups in total. The van der Waals surface area contributed by atoms with Crippen molar-refractivity contribution in [3.8, 4) is 0 Å². The Hall–Kier alpha value is -3.68. The van der Waals surface area contributed by atoms with E-state index in [-0.39, 0.29) is 19.4 Å². The Morgan fingerprint density at radius 3 is 1.55 bits per heavy atom. The summed E-state index contributed by atoms with van der Waals surface area (Å²) in [6.45, 7) is 5.58. The quantitative estimate of drug-likeness (QED) is 0.0149. The maximum absolute atomic E-state index is 13.4. The SMILES string of the molecule is CC/C=C/C=C/C=C/C=C\CCCCCCC(O)C(=O)NC(COC1OC(CO)C(O)C(O)C1OC(=O)CCCCCCCCC/C=C\C/C=C\C/C=C\C/C=C\CCCCC)C(O)/C=C/CCCCCCCCCCC. The minimum Gasteiger partial charge on any atom is -0.454 e. The maximum atomic E-state index is 13.4. The number of nitrogens with one attached hydrogen (secondary N) is 1. The molecule has 0 aromatic heterocycles. The lowest BCUT2D eigenvalue weighted by molar-refractivity contribution is -0.305. The normalized spacial score (nSPS) is 19.8. The van der Waals surface area contributed by atoms with Crippen molar-refractivity contribution < 1.29 is 49.3 Å². The maximum Gasteiger partial charge on any atom is 0.306 e. The predicted molar refractivity (Wildman–Crippen MR) is 319 cm³/mol. The smallest absolute Gasteiger partial charge is 0.306 e. The van der Waals surface area contributed by atoms with E-state index in [9.17, 15) is 35.1 Å². The average molecular weight is 1080 g/mol. The molecule has 0 spiro atoms. The van der Waals surface area contributed by atoms with Gasteiger partial charge in [-0.25, -0.2) is 0 Å². The van der Waals surface area contributed by atoms with Crippen molar-refractivity contribution in [1.82, 2.24) is 5.32 Å². The van der Waals surface area contributed by atoms with Crippen LogP contribution < -0.4 is 5.32 Å². The summed E-state index contributed by atoms with van der Waals surface area (Å²) in [6.07, 6.45) is 61.2. The van der Waals surface area contributed by atoms with E-state index in [1.807, 2.05) is 42.5 Å². The summed E-state index contributed by atoms with van der Waals surface area (Å²) in [5, 5.41) is 56.9. The van der Waals surface area contributed by atoms with Gasteiger partial charge < -0.3 is 45.1 Å². The number of allylic oxidation sites excluding steroid dienone is 17. The molecule has 8 unspecified atom stereocenters. The fourth-order valence-corrected chi connectivity index (χ4v) is 8.88. The monoisotopic (exact) mass is 1080 g/mol. The molecule has 1 saturated heterocycles. The Bertz CT molecular complexity index is 1660. The molecule has 1 aliphatic heterocycles. The Morgan fingerprint density at radius 2 is 0.987 bits per heavy atom. The lowest BCUT2D eigenvalue weighted by atomic mass is 9.99. The van der Waals surface area contributed by atoms with E-state index in [1.165, 1.54) is 64.2 Å². The van der Waals surface area contributed by atoms with Gasteiger partial charge in [0, 0.05) is 6.42 Å². The lowest BCUT2D eigenvalue weighted by Crippen LogP contribution is -2.61. The van der Waals surface area contributed by atoms with Crippen molar-refractivity contribution in [2.24, 2.45) is 0 Å². The Morgan fingerprint density at radius 1 is 0.532 bits per heavy atom. The van der Waals surface area contributed by atoms with Crippen molar-refractivity contribution in [2.45, 2.75) is 282 Å². The van der Waals surface area contributed by atoms with Crippen molar-refractivity contribution in [3.05, 3.63) is 109 Å². The Labute approximate surface area is 468 Å². The van der Waals surface area contributed by atoms with E-state index in [2.05, 4.69) is 86.8 Å². The molecule has 1 aliphatic rings. The van der Waals surface area contributed by atoms with Gasteiger partial charge in [0.25, 0.3) is 0 Å². The molecular formula is C66H111NO10. The second kappa shape index (κ2) is 53.0. The van der Waals surface area contributed by atoms with Crippen molar-refractivity contribution in [3.63, 3.8) is 0 Å². The Balaban J connectivity index is 2.66. The first-order valence-electron chi connectivity index (χ1n) is 30.7. The van der Waals surface area contributed by atoms with Gasteiger partial charge in [-0.1, -0.05) is 246 Å². The number of hydrogen-bond donors (Lipinski definition) is 6. The third-order valence-electron chi connectivity index (χ3n) is 13.8. The number of hydrogen-bond acceptors (Lipinski definition) is 10. The van der Waals surface area contributed by atoms with E-state index in [0.29, 0.717) is 12.8 Å². The second-order valence-corrected chi connectivity index (χ2v) is 20.8. The number of aliphatic hydroxyl groups is 5. The van der Waals surface area contributed by atoms with Gasteiger partial charge in [0.1, 0.15) is 24.4 Å². The third-order valence-corrected chi connectivity index (χ3v) is 13.8. The zero-order valence-electron chi connectivity index (χ0n) is 48.5. The highest BCUT2D eigenvalue weighted by Crippen LogP contribution is 2.26. The summed E-state index contributed by atoms with van der Waals surface area (Å²) >= 11 is 0. The largest absolute Gasteiger partial charge is 0.454 e. The van der Waals surface area contributed by atoms with Gasteiger partial charge in [0.05, 0.1) is 25.4 Å². The van der Waals surface area contributed by atoms with Crippen LogP contribution in [0, 0.1) is 0 Å². The molecule has 1 fully saturated rings. The number of amides is 1. The number of carbonyl (C=O) groups is 2. The van der Waals surface area contributed by atoms with Crippen LogP contribution in [-0.4, -0.2) is 99.6 Å². The molecule has 0 aromatic rings. The highest BCUT2D eigenvalue weighted by atomic mass is 16.7. The van der Waals surface area contributed by atoms with E-state index in [1.54, 1.807) is 6.08 Å². The van der Waals surface area contributed by atoms with Crippen LogP contribution >= 0.6 is 0 Å². The highest BCUT2D eigenvalue weighted by molar-refractivity contribution is 5.80. The summed E-state index contributed by atoms with van der Waals surface area (Å²) in [4.78, 5) is 26.5. The molecule has 1 rings (SSSR count). The van der Waals surface area contributed by atoms with Crippen molar-refractivity contribution in [1.29, 1.82) is 0 Å². The van der Waals surface area contributed by atoms with Gasteiger partial charge in [-0.2, -0.15) is 0 Å². The number of ether oxygens (including phenoxy) is 3. The van der Waals surface area contributed by atoms with E-state index < -0.39 is 67.4 Å². The predicted octanol–water partition coefficient (Wildman–Crippen LogP) is 14.5. The van der Waals surface area contributed by atoms with Crippen LogP contribution in [0.15, 0.2) is 109 Å². The molecular weight excluding hydrogens is 967 g/mol. The fourth-order valence-electron chi connectivity index (χ4n) is 8.88. The van der Waals surface area contributed by atoms with Gasteiger partial charge in [-0.3, -0.25) is 9.59 Å². The molecule has 1 heterocycles. The first kappa shape index (κ1) is 71.3. The number of esters is 1. The standard InChI is InChI=1S/C66H111NO10/c1-4-7-10-13-16-19-22-24-26-27-28-29-30-31-32-33-34-36-39-42-45-48-51-54-61(71)77-64-63(73)62(72)60(55-68)76-66(64)75-56-57(58(69)52-49-46-43-40-37-21-18-15-12-9-6-3)67-65(74)59(70)53-50-47-44-41-38-35-25-23-20-17-14-11-8-5-2/h8,11,14,16-17,19-20,23-26,28-29,31-32,35,49,52,57-60,62-64,66,68-70,72-73H,4-7,9-10,12-13,15,18,21-22,27,30,33-34,36-48,50-51,53-56H2,1-3H3,(H,67,74)/b11-8+,17-14+,19-16-,23-20+,26-24-,29-28-,32-31-,35-25-,52-49+. The molecule has 0 aliphatic carbocycles. The molecule has 0 aromatic carbocycles. The minimum atomic E-state index is -1.63. The first-order valence-corrected chi connectivity index (χ1v) is 30.7. The molecule has 440 valence electrons. The number of carbonyl (C=O) groups excluding carboxylic acids is 2. The van der Waals surface area contributed by atoms with Crippen LogP contribution in [-0.2, 0) is 23.8 Å². The van der Waals surface area contributed by atoms with Crippen molar-refractivity contribution in [2.75, 3.05) is 13.2 Å². The van der Waals surface area contributed by atoms with Crippen LogP contribution in [0.1, 0.15) is 233 Å². The van der Waals surface area contributed by atoms with Gasteiger partial charge in [-0.15, -0.1) is 0 Å². The molecule has 11 heteroatoms. The lowest BCUT2D eigenvalue weighted by Gasteiger charge is -2.41. The second-order valence-electron chi connectivity index (χ2n) is 20.8. The van der Waals surface area contributed by atoms with E-state index >= 15 is 0 Å². The van der Waals surface area contributed by atoms with Gasteiger partial charge in [0.2, 0.25) is 5.91 Å². The number of aliphatic hydroxyl groups excluding tert-OH is 5. The van der Waals surface area contributed by atoms with Gasteiger partial charge >= 0.3 is 5.97 Å². The van der Waals surface area contributed by atoms with Gasteiger partial charge in [0.15, 0.2) is 12.4 Å². The molecule has 0 saturated carbocycles. The fraction of sp³-hybridized carbons (Fsp3) is 0.697. The molecule has 8 atom stereocenters. The average Bonchev–Trinajstić information content (AvgIpc) is 3.43. The summed E-state index contributed by atoms with van der Waals surface area (Å²) < 4.78 is 17.6. The Kier molecular flexibility index (Phi) is 49.1. The molecule has 0 radical (unpaired) electrons. The summed E-state index contributed by atoms with van der Waals surface area (Å²) in [6, 6.07) is -1.04. The van der Waals surface area contributed by atoms with Crippen LogP contribution in [0.25, 0.3) is 0 Å².